The van der Waals surface area contributed by atoms with Crippen LogP contribution >= 0.6 is 22.9 Å². The second-order valence-electron chi connectivity index (χ2n) is 4.61. The number of nitrogens with zero attached hydrogens (tertiary/aromatic N) is 1. The molecule has 0 aliphatic rings. The highest BCUT2D eigenvalue weighted by Crippen LogP contribution is 2.25. The third-order valence-corrected chi connectivity index (χ3v) is 4.43. The van der Waals surface area contributed by atoms with Crippen LogP contribution in [0.5, 0.6) is 0 Å². The molecule has 0 fully saturated rings. The number of nitrogen functional groups attached to an aromatic ring is 1. The van der Waals surface area contributed by atoms with Gasteiger partial charge >= 0.3 is 0 Å². The van der Waals surface area contributed by atoms with Crippen LogP contribution in [0.1, 0.15) is 38.9 Å². The van der Waals surface area contributed by atoms with Crippen molar-refractivity contribution in [2.24, 2.45) is 0 Å². The quantitative estimate of drug-likeness (QED) is 0.853. The van der Waals surface area contributed by atoms with Crippen LogP contribution in [0.3, 0.4) is 0 Å². The molecule has 0 aliphatic heterocycles. The maximum Gasteiger partial charge on any atom is 0.253 e. The first-order chi connectivity index (χ1) is 9.38. The minimum Gasteiger partial charge on any atom is -0.398 e. The van der Waals surface area contributed by atoms with Crippen LogP contribution in [-0.2, 0) is 0 Å². The number of thiazole rings is 1. The lowest BCUT2D eigenvalue weighted by atomic mass is 10.1. The minimum absolute atomic E-state index is 0.108. The first kappa shape index (κ1) is 14.8. The Hall–Kier alpha value is -1.59. The average Bonchev–Trinajstić information content (AvgIpc) is 2.68. The molecule has 20 heavy (non-hydrogen) atoms. The van der Waals surface area contributed by atoms with Gasteiger partial charge in [-0.1, -0.05) is 11.6 Å². The van der Waals surface area contributed by atoms with Gasteiger partial charge in [0.25, 0.3) is 5.91 Å². The van der Waals surface area contributed by atoms with E-state index in [9.17, 15) is 4.79 Å². The highest BCUT2D eigenvalue weighted by molar-refractivity contribution is 7.11. The van der Waals surface area contributed by atoms with Gasteiger partial charge in [-0.05, 0) is 39.0 Å². The lowest BCUT2D eigenvalue weighted by molar-refractivity contribution is 0.0941. The van der Waals surface area contributed by atoms with Gasteiger partial charge in [0, 0.05) is 15.6 Å². The SMILES string of the molecule is Cc1nc(C)c(C(C)NC(=O)c2ccc(Cl)cc2N)s1. The van der Waals surface area contributed by atoms with Crippen molar-refractivity contribution in [3.63, 3.8) is 0 Å². The van der Waals surface area contributed by atoms with Crippen LogP contribution < -0.4 is 11.1 Å². The highest BCUT2D eigenvalue weighted by Gasteiger charge is 2.17. The van der Waals surface area contributed by atoms with Crippen molar-refractivity contribution < 1.29 is 4.79 Å². The third kappa shape index (κ3) is 3.11. The standard InChI is InChI=1S/C14H16ClN3OS/c1-7-13(20-9(3)17-7)8(2)18-14(19)11-5-4-10(15)6-12(11)16/h4-6,8H,16H2,1-3H3,(H,18,19). The number of benzene rings is 1. The number of carbonyl (C=O) groups excluding carboxylic acids is 1. The number of aromatic nitrogens is 1. The number of rotatable bonds is 3. The normalized spacial score (nSPS) is 12.2. The molecule has 0 saturated carbocycles. The van der Waals surface area contributed by atoms with E-state index in [0.717, 1.165) is 15.6 Å². The van der Waals surface area contributed by atoms with Crippen molar-refractivity contribution in [1.29, 1.82) is 0 Å². The molecule has 0 saturated heterocycles. The lowest BCUT2D eigenvalue weighted by Gasteiger charge is -2.14. The van der Waals surface area contributed by atoms with Crippen LogP contribution in [0.15, 0.2) is 18.2 Å². The number of nitrogens with one attached hydrogen (secondary N) is 1. The van der Waals surface area contributed by atoms with E-state index < -0.39 is 0 Å². The van der Waals surface area contributed by atoms with Gasteiger partial charge in [-0.15, -0.1) is 11.3 Å². The van der Waals surface area contributed by atoms with Crippen molar-refractivity contribution in [1.82, 2.24) is 10.3 Å². The number of anilines is 1. The summed E-state index contributed by atoms with van der Waals surface area (Å²) < 4.78 is 0. The second kappa shape index (κ2) is 5.81. The molecule has 2 aromatic rings. The Morgan fingerprint density at radius 2 is 2.15 bits per heavy atom. The summed E-state index contributed by atoms with van der Waals surface area (Å²) >= 11 is 7.42. The molecule has 2 rings (SSSR count). The zero-order valence-corrected chi connectivity index (χ0v) is 13.1. The first-order valence-electron chi connectivity index (χ1n) is 6.18. The number of hydrogen-bond acceptors (Lipinski definition) is 4. The van der Waals surface area contributed by atoms with Gasteiger partial charge in [-0.3, -0.25) is 4.79 Å². The van der Waals surface area contributed by atoms with Crippen molar-refractivity contribution in [2.45, 2.75) is 26.8 Å². The Kier molecular flexibility index (Phi) is 4.30. The number of amides is 1. The Morgan fingerprint density at radius 3 is 2.70 bits per heavy atom. The summed E-state index contributed by atoms with van der Waals surface area (Å²) in [6.07, 6.45) is 0. The molecular weight excluding hydrogens is 294 g/mol. The number of aryl methyl sites for hydroxylation is 2. The molecule has 106 valence electrons. The molecule has 1 aromatic carbocycles. The summed E-state index contributed by atoms with van der Waals surface area (Å²) in [6.45, 7) is 5.83. The van der Waals surface area contributed by atoms with Crippen LogP contribution in [0, 0.1) is 13.8 Å². The number of carbonyl (C=O) groups is 1. The Morgan fingerprint density at radius 1 is 1.45 bits per heavy atom. The summed E-state index contributed by atoms with van der Waals surface area (Å²) in [7, 11) is 0. The molecule has 0 spiro atoms. The van der Waals surface area contributed by atoms with Crippen molar-refractivity contribution in [3.8, 4) is 0 Å². The topological polar surface area (TPSA) is 68.0 Å². The fourth-order valence-corrected chi connectivity index (χ4v) is 3.14. The van der Waals surface area contributed by atoms with E-state index in [1.165, 1.54) is 0 Å². The Labute approximate surface area is 127 Å². The molecule has 0 aliphatic carbocycles. The fraction of sp³-hybridized carbons (Fsp3) is 0.286. The van der Waals surface area contributed by atoms with E-state index >= 15 is 0 Å². The molecule has 1 unspecified atom stereocenters. The van der Waals surface area contributed by atoms with E-state index in [0.29, 0.717) is 16.3 Å². The average molecular weight is 310 g/mol. The molecule has 6 heteroatoms. The smallest absolute Gasteiger partial charge is 0.253 e. The van der Waals surface area contributed by atoms with Gasteiger partial charge in [0.2, 0.25) is 0 Å². The number of nitrogens with two attached hydrogens (primary N) is 1. The third-order valence-electron chi connectivity index (χ3n) is 2.94. The molecule has 1 amide bonds. The van der Waals surface area contributed by atoms with E-state index in [4.69, 9.17) is 17.3 Å². The van der Waals surface area contributed by atoms with Gasteiger partial charge in [-0.2, -0.15) is 0 Å². The van der Waals surface area contributed by atoms with E-state index in [2.05, 4.69) is 10.3 Å². The van der Waals surface area contributed by atoms with Crippen LogP contribution in [0.2, 0.25) is 5.02 Å². The zero-order valence-electron chi connectivity index (χ0n) is 11.5. The summed E-state index contributed by atoms with van der Waals surface area (Å²) in [6, 6.07) is 4.75. The molecule has 1 atom stereocenters. The molecule has 0 bridgehead atoms. The van der Waals surface area contributed by atoms with Crippen LogP contribution in [-0.4, -0.2) is 10.9 Å². The maximum absolute atomic E-state index is 12.2. The first-order valence-corrected chi connectivity index (χ1v) is 7.37. The van der Waals surface area contributed by atoms with Crippen LogP contribution in [0.25, 0.3) is 0 Å². The highest BCUT2D eigenvalue weighted by atomic mass is 35.5. The fourth-order valence-electron chi connectivity index (χ4n) is 2.03. The number of halogens is 1. The van der Waals surface area contributed by atoms with Crippen LogP contribution in [0.4, 0.5) is 5.69 Å². The Balaban J connectivity index is 2.17. The van der Waals surface area contributed by atoms with Gasteiger partial charge in [0.05, 0.1) is 22.3 Å². The molecule has 4 nitrogen and oxygen atoms in total. The predicted octanol–water partition coefficient (Wildman–Crippen LogP) is 3.49. The van der Waals surface area contributed by atoms with Crippen molar-refractivity contribution >= 4 is 34.5 Å². The molecule has 0 radical (unpaired) electrons. The summed E-state index contributed by atoms with van der Waals surface area (Å²) in [5.74, 6) is -0.211. The van der Waals surface area contributed by atoms with Gasteiger partial charge < -0.3 is 11.1 Å². The van der Waals surface area contributed by atoms with Gasteiger partial charge in [0.1, 0.15) is 0 Å². The lowest BCUT2D eigenvalue weighted by Crippen LogP contribution is -2.27. The molecule has 1 aromatic heterocycles. The molecule has 1 heterocycles. The van der Waals surface area contributed by atoms with Gasteiger partial charge in [0.15, 0.2) is 0 Å². The second-order valence-corrected chi connectivity index (χ2v) is 6.28. The van der Waals surface area contributed by atoms with E-state index in [1.54, 1.807) is 29.5 Å². The molecular formula is C14H16ClN3OS. The number of hydrogen-bond donors (Lipinski definition) is 2. The Bertz CT molecular complexity index is 654. The van der Waals surface area contributed by atoms with E-state index in [-0.39, 0.29) is 11.9 Å². The monoisotopic (exact) mass is 309 g/mol. The van der Waals surface area contributed by atoms with Crippen molar-refractivity contribution in [3.05, 3.63) is 44.4 Å². The maximum atomic E-state index is 12.2. The summed E-state index contributed by atoms with van der Waals surface area (Å²) in [4.78, 5) is 17.7. The largest absolute Gasteiger partial charge is 0.398 e. The molecule has 3 N–H and O–H groups in total. The van der Waals surface area contributed by atoms with E-state index in [1.807, 2.05) is 20.8 Å². The zero-order chi connectivity index (χ0) is 14.9. The summed E-state index contributed by atoms with van der Waals surface area (Å²) in [5, 5.41) is 4.44. The van der Waals surface area contributed by atoms with Gasteiger partial charge in [-0.25, -0.2) is 4.98 Å². The minimum atomic E-state index is -0.211. The summed E-state index contributed by atoms with van der Waals surface area (Å²) in [5.41, 5.74) is 7.57. The van der Waals surface area contributed by atoms with Crippen molar-refractivity contribution in [2.75, 3.05) is 5.73 Å². The predicted molar refractivity (Wildman–Crippen MR) is 83.3 cm³/mol.